The van der Waals surface area contributed by atoms with Gasteiger partial charge in [-0.25, -0.2) is 4.79 Å². The van der Waals surface area contributed by atoms with Gasteiger partial charge in [0.25, 0.3) is 0 Å². The zero-order valence-corrected chi connectivity index (χ0v) is 19.2. The van der Waals surface area contributed by atoms with Crippen LogP contribution in [0.15, 0.2) is 18.2 Å². The Balaban J connectivity index is 1.89. The molecule has 1 fully saturated rings. The average Bonchev–Trinajstić information content (AvgIpc) is 2.70. The van der Waals surface area contributed by atoms with E-state index in [0.29, 0.717) is 41.5 Å². The van der Waals surface area contributed by atoms with Crippen molar-refractivity contribution in [2.24, 2.45) is 5.92 Å². The van der Waals surface area contributed by atoms with Crippen molar-refractivity contribution in [2.75, 3.05) is 20.2 Å². The minimum absolute atomic E-state index is 0.146. The number of nitrogens with zero attached hydrogens (tertiary/aromatic N) is 1. The van der Waals surface area contributed by atoms with Crippen molar-refractivity contribution in [2.45, 2.75) is 25.8 Å². The summed E-state index contributed by atoms with van der Waals surface area (Å²) in [5.74, 6) is -1.06. The molecule has 1 aliphatic rings. The molecule has 1 aromatic rings. The van der Waals surface area contributed by atoms with Gasteiger partial charge in [0.05, 0.1) is 17.2 Å². The van der Waals surface area contributed by atoms with Gasteiger partial charge in [-0.2, -0.15) is 0 Å². The molecule has 152 valence electrons. The van der Waals surface area contributed by atoms with Gasteiger partial charge in [-0.1, -0.05) is 29.3 Å². The molecule has 0 bridgehead atoms. The fourth-order valence-electron chi connectivity index (χ4n) is 2.87. The number of amides is 2. The van der Waals surface area contributed by atoms with E-state index in [9.17, 15) is 14.4 Å². The van der Waals surface area contributed by atoms with E-state index in [1.165, 1.54) is 13.2 Å². The smallest absolute Gasteiger partial charge is 0.328 e. The summed E-state index contributed by atoms with van der Waals surface area (Å²) in [7, 11) is 1.28. The highest BCUT2D eigenvalue weighted by Gasteiger charge is 2.28. The van der Waals surface area contributed by atoms with Crippen LogP contribution < -0.4 is 5.32 Å². The first-order chi connectivity index (χ1) is 13.2. The SMILES string of the molecule is COC(=O)[C@H](C)NC(=O)C1CCN(C(=O)/C=C/c2ccc(I)c(Cl)c2Cl)CC1. The number of carbonyl (C=O) groups is 3. The quantitative estimate of drug-likeness (QED) is 0.269. The van der Waals surface area contributed by atoms with Crippen molar-refractivity contribution in [1.82, 2.24) is 10.2 Å². The molecular formula is C19H21Cl2IN2O4. The number of nitrogens with one attached hydrogen (secondary N) is 1. The van der Waals surface area contributed by atoms with Crippen molar-refractivity contribution >= 4 is 69.7 Å². The highest BCUT2D eigenvalue weighted by molar-refractivity contribution is 14.1. The first-order valence-corrected chi connectivity index (χ1v) is 10.6. The zero-order valence-electron chi connectivity index (χ0n) is 15.5. The molecular weight excluding hydrogens is 518 g/mol. The molecule has 1 N–H and O–H groups in total. The third-order valence-electron chi connectivity index (χ3n) is 4.56. The topological polar surface area (TPSA) is 75.7 Å². The van der Waals surface area contributed by atoms with E-state index in [1.54, 1.807) is 24.0 Å². The molecule has 0 saturated carbocycles. The van der Waals surface area contributed by atoms with Crippen LogP contribution in [0.1, 0.15) is 25.3 Å². The largest absolute Gasteiger partial charge is 0.467 e. The number of benzene rings is 1. The van der Waals surface area contributed by atoms with Crippen LogP contribution in [0.25, 0.3) is 6.08 Å². The summed E-state index contributed by atoms with van der Waals surface area (Å²) in [5.41, 5.74) is 0.673. The predicted molar refractivity (Wildman–Crippen MR) is 117 cm³/mol. The number of likely N-dealkylation sites (tertiary alicyclic amines) is 1. The summed E-state index contributed by atoms with van der Waals surface area (Å²) in [6.45, 7) is 2.51. The second-order valence-corrected chi connectivity index (χ2v) is 8.37. The van der Waals surface area contributed by atoms with E-state index >= 15 is 0 Å². The number of ether oxygens (including phenoxy) is 1. The van der Waals surface area contributed by atoms with Gasteiger partial charge in [-0.05, 0) is 60.1 Å². The van der Waals surface area contributed by atoms with Gasteiger partial charge in [0.15, 0.2) is 0 Å². The fraction of sp³-hybridized carbons (Fsp3) is 0.421. The lowest BCUT2D eigenvalue weighted by atomic mass is 9.95. The van der Waals surface area contributed by atoms with Crippen molar-refractivity contribution in [3.63, 3.8) is 0 Å². The number of esters is 1. The number of piperidine rings is 1. The van der Waals surface area contributed by atoms with Gasteiger partial charge in [0.2, 0.25) is 11.8 Å². The first-order valence-electron chi connectivity index (χ1n) is 8.73. The fourth-order valence-corrected chi connectivity index (χ4v) is 3.87. The average molecular weight is 539 g/mol. The van der Waals surface area contributed by atoms with Crippen molar-refractivity contribution < 1.29 is 19.1 Å². The summed E-state index contributed by atoms with van der Waals surface area (Å²) in [5, 5.41) is 3.52. The van der Waals surface area contributed by atoms with E-state index in [2.05, 4.69) is 32.6 Å². The minimum atomic E-state index is -0.689. The number of methoxy groups -OCH3 is 1. The van der Waals surface area contributed by atoms with Crippen molar-refractivity contribution in [1.29, 1.82) is 0 Å². The molecule has 1 heterocycles. The second-order valence-electron chi connectivity index (χ2n) is 6.45. The van der Waals surface area contributed by atoms with Crippen LogP contribution in [-0.2, 0) is 19.1 Å². The number of rotatable bonds is 5. The lowest BCUT2D eigenvalue weighted by molar-refractivity contribution is -0.145. The molecule has 0 radical (unpaired) electrons. The standard InChI is InChI=1S/C19H21Cl2IN2O4/c1-11(19(27)28-2)23-18(26)13-7-9-24(10-8-13)15(25)6-4-12-3-5-14(22)17(21)16(12)20/h3-6,11,13H,7-10H2,1-2H3,(H,23,26)/b6-4+/t11-/m0/s1. The van der Waals surface area contributed by atoms with E-state index in [1.807, 2.05) is 6.07 Å². The van der Waals surface area contributed by atoms with Crippen LogP contribution in [0, 0.1) is 9.49 Å². The molecule has 2 amide bonds. The minimum Gasteiger partial charge on any atom is -0.467 e. The maximum atomic E-state index is 12.4. The molecule has 0 aromatic heterocycles. The molecule has 28 heavy (non-hydrogen) atoms. The lowest BCUT2D eigenvalue weighted by Gasteiger charge is -2.31. The molecule has 0 aliphatic carbocycles. The van der Waals surface area contributed by atoms with Gasteiger partial charge in [0, 0.05) is 28.7 Å². The summed E-state index contributed by atoms with van der Waals surface area (Å²) in [6, 6.07) is 2.95. The van der Waals surface area contributed by atoms with Crippen LogP contribution in [0.2, 0.25) is 10.0 Å². The molecule has 0 unspecified atom stereocenters. The Morgan fingerprint density at radius 2 is 1.89 bits per heavy atom. The van der Waals surface area contributed by atoms with E-state index in [0.717, 1.165) is 3.57 Å². The van der Waals surface area contributed by atoms with E-state index < -0.39 is 12.0 Å². The predicted octanol–water partition coefficient (Wildman–Crippen LogP) is 3.53. The molecule has 1 atom stereocenters. The summed E-state index contributed by atoms with van der Waals surface area (Å²) in [6.07, 6.45) is 4.18. The van der Waals surface area contributed by atoms with Crippen LogP contribution in [0.3, 0.4) is 0 Å². The number of carbonyl (C=O) groups excluding carboxylic acids is 3. The molecule has 1 saturated heterocycles. The molecule has 6 nitrogen and oxygen atoms in total. The van der Waals surface area contributed by atoms with Gasteiger partial charge >= 0.3 is 5.97 Å². The summed E-state index contributed by atoms with van der Waals surface area (Å²) >= 11 is 14.4. The third kappa shape index (κ3) is 5.84. The monoisotopic (exact) mass is 538 g/mol. The maximum Gasteiger partial charge on any atom is 0.328 e. The van der Waals surface area contributed by atoms with Crippen molar-refractivity contribution in [3.8, 4) is 0 Å². The number of hydrogen-bond acceptors (Lipinski definition) is 4. The number of halogens is 3. The third-order valence-corrected chi connectivity index (χ3v) is 6.68. The van der Waals surface area contributed by atoms with Gasteiger partial charge in [-0.15, -0.1) is 0 Å². The van der Waals surface area contributed by atoms with Crippen LogP contribution in [0.4, 0.5) is 0 Å². The van der Waals surface area contributed by atoms with Gasteiger partial charge < -0.3 is 15.0 Å². The van der Waals surface area contributed by atoms with Gasteiger partial charge in [-0.3, -0.25) is 9.59 Å². The summed E-state index contributed by atoms with van der Waals surface area (Å²) < 4.78 is 5.44. The summed E-state index contributed by atoms with van der Waals surface area (Å²) in [4.78, 5) is 37.8. The van der Waals surface area contributed by atoms with Crippen LogP contribution >= 0.6 is 45.8 Å². The second kappa shape index (κ2) is 10.5. The normalized spacial score (nSPS) is 16.1. The molecule has 9 heteroatoms. The maximum absolute atomic E-state index is 12.4. The highest BCUT2D eigenvalue weighted by Crippen LogP contribution is 2.31. The molecule has 1 aromatic carbocycles. The Kier molecular flexibility index (Phi) is 8.57. The highest BCUT2D eigenvalue weighted by atomic mass is 127. The lowest BCUT2D eigenvalue weighted by Crippen LogP contribution is -2.46. The molecule has 1 aliphatic heterocycles. The van der Waals surface area contributed by atoms with Crippen molar-refractivity contribution in [3.05, 3.63) is 37.4 Å². The number of hydrogen-bond donors (Lipinski definition) is 1. The van der Waals surface area contributed by atoms with Crippen LogP contribution in [0.5, 0.6) is 0 Å². The zero-order chi connectivity index (χ0) is 20.8. The Morgan fingerprint density at radius 1 is 1.25 bits per heavy atom. The first kappa shape index (κ1) is 23.0. The molecule has 2 rings (SSSR count). The van der Waals surface area contributed by atoms with E-state index in [-0.39, 0.29) is 17.7 Å². The Hall–Kier alpha value is -1.32. The molecule has 0 spiro atoms. The van der Waals surface area contributed by atoms with Crippen LogP contribution in [-0.4, -0.2) is 48.9 Å². The van der Waals surface area contributed by atoms with Gasteiger partial charge in [0.1, 0.15) is 6.04 Å². The van der Waals surface area contributed by atoms with E-state index in [4.69, 9.17) is 23.2 Å². The Bertz CT molecular complexity index is 792. The Morgan fingerprint density at radius 3 is 2.50 bits per heavy atom. The Labute approximate surface area is 187 Å².